The van der Waals surface area contributed by atoms with E-state index in [9.17, 15) is 14.3 Å². The SMILES string of the molecule is Cc1cc(C(C)(C)O)ncc1-c1cc2cnc(NC(=O)[C@@H]3C[C@@H]3F)cc2cn1. The summed E-state index contributed by atoms with van der Waals surface area (Å²) >= 11 is 0. The maximum absolute atomic E-state index is 13.0. The zero-order valence-corrected chi connectivity index (χ0v) is 15.9. The smallest absolute Gasteiger partial charge is 0.231 e. The van der Waals surface area contributed by atoms with Crippen molar-refractivity contribution < 1.29 is 14.3 Å². The van der Waals surface area contributed by atoms with Crippen LogP contribution >= 0.6 is 0 Å². The van der Waals surface area contributed by atoms with Crippen molar-refractivity contribution in [2.24, 2.45) is 5.92 Å². The van der Waals surface area contributed by atoms with Gasteiger partial charge in [0.05, 0.1) is 17.3 Å². The van der Waals surface area contributed by atoms with Gasteiger partial charge >= 0.3 is 0 Å². The Bertz CT molecular complexity index is 1080. The Kier molecular flexibility index (Phi) is 4.34. The highest BCUT2D eigenvalue weighted by atomic mass is 19.1. The number of fused-ring (bicyclic) bond motifs is 1. The van der Waals surface area contributed by atoms with E-state index in [1.54, 1.807) is 38.5 Å². The van der Waals surface area contributed by atoms with Crippen LogP contribution in [-0.2, 0) is 10.4 Å². The van der Waals surface area contributed by atoms with Gasteiger partial charge < -0.3 is 10.4 Å². The Morgan fingerprint density at radius 3 is 2.46 bits per heavy atom. The molecule has 3 aromatic heterocycles. The molecule has 2 N–H and O–H groups in total. The van der Waals surface area contributed by atoms with Gasteiger partial charge in [-0.25, -0.2) is 9.37 Å². The van der Waals surface area contributed by atoms with Crippen LogP contribution in [0.25, 0.3) is 22.0 Å². The zero-order chi connectivity index (χ0) is 20.1. The van der Waals surface area contributed by atoms with Crippen molar-refractivity contribution in [3.63, 3.8) is 0 Å². The van der Waals surface area contributed by atoms with Gasteiger partial charge in [0.1, 0.15) is 17.6 Å². The van der Waals surface area contributed by atoms with Crippen molar-refractivity contribution in [2.45, 2.75) is 39.0 Å². The fourth-order valence-corrected chi connectivity index (χ4v) is 3.07. The summed E-state index contributed by atoms with van der Waals surface area (Å²) in [5.74, 6) is -0.503. The van der Waals surface area contributed by atoms with Crippen molar-refractivity contribution in [1.82, 2.24) is 15.0 Å². The van der Waals surface area contributed by atoms with E-state index in [1.165, 1.54) is 0 Å². The van der Waals surface area contributed by atoms with E-state index < -0.39 is 17.7 Å². The number of aromatic nitrogens is 3. The molecule has 4 rings (SSSR count). The molecule has 1 saturated carbocycles. The second-order valence-electron chi connectivity index (χ2n) is 7.78. The van der Waals surface area contributed by atoms with Crippen LogP contribution in [0.4, 0.5) is 10.2 Å². The molecule has 7 heteroatoms. The van der Waals surface area contributed by atoms with E-state index in [0.29, 0.717) is 11.5 Å². The zero-order valence-electron chi connectivity index (χ0n) is 15.9. The summed E-state index contributed by atoms with van der Waals surface area (Å²) in [5.41, 5.74) is 2.17. The van der Waals surface area contributed by atoms with Gasteiger partial charge in [0, 0.05) is 34.9 Å². The van der Waals surface area contributed by atoms with Crippen LogP contribution in [0.1, 0.15) is 31.5 Å². The highest BCUT2D eigenvalue weighted by Crippen LogP contribution is 2.34. The molecule has 0 unspecified atom stereocenters. The van der Waals surface area contributed by atoms with Gasteiger partial charge in [0.25, 0.3) is 0 Å². The molecule has 0 aromatic carbocycles. The van der Waals surface area contributed by atoms with E-state index in [1.807, 2.05) is 19.1 Å². The molecule has 2 atom stereocenters. The Morgan fingerprint density at radius 2 is 1.82 bits per heavy atom. The summed E-state index contributed by atoms with van der Waals surface area (Å²) in [7, 11) is 0. The number of carbonyl (C=O) groups excluding carboxylic acids is 1. The molecule has 3 aromatic rings. The topological polar surface area (TPSA) is 88.0 Å². The minimum atomic E-state index is -1.04. The number of amides is 1. The molecule has 3 heterocycles. The third-order valence-electron chi connectivity index (χ3n) is 4.92. The third kappa shape index (κ3) is 3.57. The summed E-state index contributed by atoms with van der Waals surface area (Å²) in [6, 6.07) is 5.48. The van der Waals surface area contributed by atoms with Crippen LogP contribution in [0.2, 0.25) is 0 Å². The van der Waals surface area contributed by atoms with E-state index in [4.69, 9.17) is 0 Å². The van der Waals surface area contributed by atoms with E-state index in [0.717, 1.165) is 27.6 Å². The van der Waals surface area contributed by atoms with Crippen LogP contribution < -0.4 is 5.32 Å². The van der Waals surface area contributed by atoms with E-state index in [2.05, 4.69) is 20.3 Å². The lowest BCUT2D eigenvalue weighted by atomic mass is 9.99. The molecular weight excluding hydrogens is 359 g/mol. The standard InChI is InChI=1S/C21H21FN4O2/c1-11-4-18(21(2,3)28)24-10-15(11)17-5-12-9-25-19(6-13(12)8-23-17)26-20(27)14-7-16(14)22/h4-6,8-10,14,16,28H,7H2,1-3H3,(H,25,26,27)/t14-,16+/m1/s1. The molecule has 6 nitrogen and oxygen atoms in total. The fraction of sp³-hybridized carbons (Fsp3) is 0.333. The number of nitrogens with one attached hydrogen (secondary N) is 1. The number of anilines is 1. The maximum atomic E-state index is 13.0. The van der Waals surface area contributed by atoms with Gasteiger partial charge in [0.15, 0.2) is 0 Å². The second kappa shape index (κ2) is 6.60. The minimum Gasteiger partial charge on any atom is -0.384 e. The lowest BCUT2D eigenvalue weighted by molar-refractivity contribution is -0.117. The number of alkyl halides is 1. The van der Waals surface area contributed by atoms with Crippen LogP contribution in [0.5, 0.6) is 0 Å². The van der Waals surface area contributed by atoms with E-state index >= 15 is 0 Å². The minimum absolute atomic E-state index is 0.282. The molecule has 144 valence electrons. The highest BCUT2D eigenvalue weighted by molar-refractivity contribution is 5.96. The van der Waals surface area contributed by atoms with Crippen molar-refractivity contribution in [3.8, 4) is 11.3 Å². The Hall–Kier alpha value is -2.93. The lowest BCUT2D eigenvalue weighted by Gasteiger charge is -2.18. The molecule has 0 spiro atoms. The Balaban J connectivity index is 1.61. The normalized spacial score (nSPS) is 18.9. The van der Waals surface area contributed by atoms with Gasteiger partial charge in [-0.3, -0.25) is 14.8 Å². The molecule has 1 fully saturated rings. The van der Waals surface area contributed by atoms with Crippen LogP contribution in [0.15, 0.2) is 36.8 Å². The first-order chi connectivity index (χ1) is 13.2. The second-order valence-corrected chi connectivity index (χ2v) is 7.78. The predicted octanol–water partition coefficient (Wildman–Crippen LogP) is 3.52. The van der Waals surface area contributed by atoms with Gasteiger partial charge in [-0.2, -0.15) is 0 Å². The molecule has 28 heavy (non-hydrogen) atoms. The number of nitrogens with zero attached hydrogens (tertiary/aromatic N) is 3. The van der Waals surface area contributed by atoms with Crippen LogP contribution in [-0.4, -0.2) is 32.1 Å². The van der Waals surface area contributed by atoms with Gasteiger partial charge in [-0.15, -0.1) is 0 Å². The van der Waals surface area contributed by atoms with Gasteiger partial charge in [-0.05, 0) is 51.0 Å². The van der Waals surface area contributed by atoms with Crippen LogP contribution in [0.3, 0.4) is 0 Å². The first-order valence-corrected chi connectivity index (χ1v) is 9.13. The number of aliphatic hydroxyl groups is 1. The summed E-state index contributed by atoms with van der Waals surface area (Å²) in [4.78, 5) is 25.0. The monoisotopic (exact) mass is 380 g/mol. The molecule has 0 radical (unpaired) electrons. The third-order valence-corrected chi connectivity index (χ3v) is 4.92. The van der Waals surface area contributed by atoms with Gasteiger partial charge in [0.2, 0.25) is 5.91 Å². The first kappa shape index (κ1) is 18.4. The molecule has 0 bridgehead atoms. The number of halogens is 1. The molecular formula is C21H21FN4O2. The molecule has 1 amide bonds. The molecule has 1 aliphatic carbocycles. The predicted molar refractivity (Wildman–Crippen MR) is 104 cm³/mol. The van der Waals surface area contributed by atoms with Crippen molar-refractivity contribution in [3.05, 3.63) is 48.0 Å². The summed E-state index contributed by atoms with van der Waals surface area (Å²) in [6.07, 6.45) is 4.32. The molecule has 0 aliphatic heterocycles. The lowest BCUT2D eigenvalue weighted by Crippen LogP contribution is -2.17. The number of rotatable bonds is 4. The Morgan fingerprint density at radius 1 is 1.14 bits per heavy atom. The summed E-state index contributed by atoms with van der Waals surface area (Å²) in [6.45, 7) is 5.34. The number of hydrogen-bond acceptors (Lipinski definition) is 5. The average molecular weight is 380 g/mol. The van der Waals surface area contributed by atoms with Crippen molar-refractivity contribution in [2.75, 3.05) is 5.32 Å². The largest absolute Gasteiger partial charge is 0.384 e. The van der Waals surface area contributed by atoms with E-state index in [-0.39, 0.29) is 12.3 Å². The summed E-state index contributed by atoms with van der Waals surface area (Å²) in [5, 5.41) is 14.5. The first-order valence-electron chi connectivity index (χ1n) is 9.13. The van der Waals surface area contributed by atoms with Crippen molar-refractivity contribution >= 4 is 22.5 Å². The highest BCUT2D eigenvalue weighted by Gasteiger charge is 2.43. The fourth-order valence-electron chi connectivity index (χ4n) is 3.07. The number of pyridine rings is 3. The molecule has 0 saturated heterocycles. The van der Waals surface area contributed by atoms with Crippen LogP contribution in [0, 0.1) is 12.8 Å². The quantitative estimate of drug-likeness (QED) is 0.723. The number of carbonyl (C=O) groups is 1. The number of hydrogen-bond donors (Lipinski definition) is 2. The Labute approximate surface area is 161 Å². The summed E-state index contributed by atoms with van der Waals surface area (Å²) < 4.78 is 13.0. The van der Waals surface area contributed by atoms with Crippen molar-refractivity contribution in [1.29, 1.82) is 0 Å². The average Bonchev–Trinajstić information content (AvgIpc) is 3.37. The van der Waals surface area contributed by atoms with Gasteiger partial charge in [-0.1, -0.05) is 0 Å². The number of aryl methyl sites for hydroxylation is 1. The maximum Gasteiger partial charge on any atom is 0.231 e. The molecule has 1 aliphatic rings.